The maximum absolute atomic E-state index is 12.4. The highest BCUT2D eigenvalue weighted by Gasteiger charge is 2.42. The molecular formula is C15H18N2O2. The van der Waals surface area contributed by atoms with Crippen molar-refractivity contribution in [2.24, 2.45) is 4.99 Å². The molecule has 1 aliphatic carbocycles. The Balaban J connectivity index is 2.09. The fraction of sp³-hybridized carbons (Fsp3) is 0.467. The van der Waals surface area contributed by atoms with Crippen LogP contribution in [0.4, 0.5) is 5.69 Å². The highest BCUT2D eigenvalue weighted by atomic mass is 16.5. The minimum Gasteiger partial charge on any atom is -0.482 e. The molecule has 1 spiro atoms. The first kappa shape index (κ1) is 12.2. The van der Waals surface area contributed by atoms with Crippen molar-refractivity contribution in [3.05, 3.63) is 29.8 Å². The van der Waals surface area contributed by atoms with Crippen LogP contribution in [0.15, 0.2) is 29.3 Å². The molecule has 0 radical (unpaired) electrons. The summed E-state index contributed by atoms with van der Waals surface area (Å²) >= 11 is 0. The summed E-state index contributed by atoms with van der Waals surface area (Å²) < 4.78 is 5.50. The van der Waals surface area contributed by atoms with E-state index in [0.29, 0.717) is 17.1 Å². The van der Waals surface area contributed by atoms with Gasteiger partial charge in [0.15, 0.2) is 0 Å². The summed E-state index contributed by atoms with van der Waals surface area (Å²) in [5.74, 6) is 0.596. The van der Waals surface area contributed by atoms with Crippen molar-refractivity contribution in [3.63, 3.8) is 0 Å². The number of hydrogen-bond acceptors (Lipinski definition) is 3. The SMILES string of the molecule is COC1=Nc2ccccc2C(=O)NC12CCCCC2. The number of amides is 1. The van der Waals surface area contributed by atoms with E-state index in [4.69, 9.17) is 4.74 Å². The smallest absolute Gasteiger partial charge is 0.254 e. The third kappa shape index (κ3) is 2.01. The summed E-state index contributed by atoms with van der Waals surface area (Å²) in [4.78, 5) is 17.0. The van der Waals surface area contributed by atoms with Gasteiger partial charge in [-0.15, -0.1) is 0 Å². The second-order valence-corrected chi connectivity index (χ2v) is 5.24. The van der Waals surface area contributed by atoms with E-state index in [0.717, 1.165) is 25.7 Å². The van der Waals surface area contributed by atoms with Crippen molar-refractivity contribution in [1.29, 1.82) is 0 Å². The van der Waals surface area contributed by atoms with Gasteiger partial charge in [-0.05, 0) is 25.0 Å². The van der Waals surface area contributed by atoms with Gasteiger partial charge in [-0.25, -0.2) is 4.99 Å². The summed E-state index contributed by atoms with van der Waals surface area (Å²) in [6, 6.07) is 7.42. The van der Waals surface area contributed by atoms with Crippen LogP contribution in [0, 0.1) is 0 Å². The number of ether oxygens (including phenoxy) is 1. The van der Waals surface area contributed by atoms with Crippen molar-refractivity contribution in [3.8, 4) is 0 Å². The molecule has 4 heteroatoms. The number of carbonyl (C=O) groups is 1. The third-order valence-corrected chi connectivity index (χ3v) is 4.03. The van der Waals surface area contributed by atoms with Gasteiger partial charge >= 0.3 is 0 Å². The van der Waals surface area contributed by atoms with E-state index < -0.39 is 5.54 Å². The van der Waals surface area contributed by atoms with Crippen LogP contribution in [-0.2, 0) is 4.74 Å². The number of fused-ring (bicyclic) bond motifs is 1. The van der Waals surface area contributed by atoms with E-state index in [1.54, 1.807) is 7.11 Å². The maximum Gasteiger partial charge on any atom is 0.254 e. The third-order valence-electron chi connectivity index (χ3n) is 4.03. The number of rotatable bonds is 0. The number of hydrogen-bond donors (Lipinski definition) is 1. The molecule has 100 valence electrons. The molecule has 19 heavy (non-hydrogen) atoms. The van der Waals surface area contributed by atoms with E-state index >= 15 is 0 Å². The molecule has 1 amide bonds. The molecule has 1 aromatic rings. The summed E-state index contributed by atoms with van der Waals surface area (Å²) in [6.45, 7) is 0. The van der Waals surface area contributed by atoms with Gasteiger partial charge in [-0.1, -0.05) is 31.4 Å². The molecule has 4 nitrogen and oxygen atoms in total. The van der Waals surface area contributed by atoms with Crippen molar-refractivity contribution >= 4 is 17.5 Å². The van der Waals surface area contributed by atoms with Crippen LogP contribution < -0.4 is 5.32 Å². The van der Waals surface area contributed by atoms with Crippen molar-refractivity contribution in [2.45, 2.75) is 37.6 Å². The molecule has 0 atom stereocenters. The summed E-state index contributed by atoms with van der Waals surface area (Å²) in [6.07, 6.45) is 5.21. The molecule has 2 aliphatic rings. The number of benzene rings is 1. The van der Waals surface area contributed by atoms with Crippen LogP contribution in [0.2, 0.25) is 0 Å². The van der Waals surface area contributed by atoms with Gasteiger partial charge < -0.3 is 10.1 Å². The molecule has 1 aromatic carbocycles. The zero-order chi connectivity index (χ0) is 13.3. The predicted molar refractivity (Wildman–Crippen MR) is 73.8 cm³/mol. The lowest BCUT2D eigenvalue weighted by Gasteiger charge is -2.36. The fourth-order valence-corrected chi connectivity index (χ4v) is 3.05. The van der Waals surface area contributed by atoms with Gasteiger partial charge in [0.25, 0.3) is 5.91 Å². The quantitative estimate of drug-likeness (QED) is 0.778. The van der Waals surface area contributed by atoms with Crippen LogP contribution in [0.5, 0.6) is 0 Å². The van der Waals surface area contributed by atoms with Gasteiger partial charge in [-0.3, -0.25) is 4.79 Å². The fourth-order valence-electron chi connectivity index (χ4n) is 3.05. The molecule has 0 bridgehead atoms. The molecule has 1 aliphatic heterocycles. The highest BCUT2D eigenvalue weighted by Crippen LogP contribution is 2.34. The van der Waals surface area contributed by atoms with Crippen molar-refractivity contribution in [2.75, 3.05) is 7.11 Å². The molecule has 1 N–H and O–H groups in total. The van der Waals surface area contributed by atoms with Gasteiger partial charge in [-0.2, -0.15) is 0 Å². The summed E-state index contributed by atoms with van der Waals surface area (Å²) in [5, 5.41) is 3.16. The maximum atomic E-state index is 12.4. The Morgan fingerprint density at radius 3 is 2.68 bits per heavy atom. The number of nitrogens with zero attached hydrogens (tertiary/aromatic N) is 1. The average Bonchev–Trinajstić information content (AvgIpc) is 2.56. The van der Waals surface area contributed by atoms with E-state index in [1.807, 2.05) is 24.3 Å². The Morgan fingerprint density at radius 2 is 1.95 bits per heavy atom. The van der Waals surface area contributed by atoms with E-state index in [1.165, 1.54) is 6.42 Å². The Hall–Kier alpha value is -1.84. The number of para-hydroxylation sites is 1. The minimum atomic E-state index is -0.414. The first-order valence-corrected chi connectivity index (χ1v) is 6.80. The molecule has 0 unspecified atom stereocenters. The molecular weight excluding hydrogens is 240 g/mol. The zero-order valence-electron chi connectivity index (χ0n) is 11.1. The predicted octanol–water partition coefficient (Wildman–Crippen LogP) is 2.81. The largest absolute Gasteiger partial charge is 0.482 e. The molecule has 1 saturated carbocycles. The number of carbonyl (C=O) groups excluding carboxylic acids is 1. The lowest BCUT2D eigenvalue weighted by Crippen LogP contribution is -2.55. The van der Waals surface area contributed by atoms with Crippen LogP contribution >= 0.6 is 0 Å². The first-order chi connectivity index (χ1) is 9.25. The standard InChI is InChI=1S/C15H18N2O2/c1-19-14-15(9-5-2-6-10-15)17-13(18)11-7-3-4-8-12(11)16-14/h3-4,7-8H,2,5-6,9-10H2,1H3,(H,17,18). The Kier molecular flexibility index (Phi) is 3.01. The molecule has 1 fully saturated rings. The minimum absolute atomic E-state index is 0.0479. The monoisotopic (exact) mass is 258 g/mol. The lowest BCUT2D eigenvalue weighted by atomic mass is 9.81. The van der Waals surface area contributed by atoms with E-state index in [9.17, 15) is 4.79 Å². The molecule has 1 heterocycles. The normalized spacial score (nSPS) is 21.1. The number of methoxy groups -OCH3 is 1. The Labute approximate surface area is 112 Å². The summed E-state index contributed by atoms with van der Waals surface area (Å²) in [5.41, 5.74) is 0.905. The first-order valence-electron chi connectivity index (χ1n) is 6.80. The highest BCUT2D eigenvalue weighted by molar-refractivity contribution is 6.06. The van der Waals surface area contributed by atoms with Crippen molar-refractivity contribution in [1.82, 2.24) is 5.32 Å². The van der Waals surface area contributed by atoms with Crippen LogP contribution in [0.25, 0.3) is 0 Å². The molecule has 0 saturated heterocycles. The second-order valence-electron chi connectivity index (χ2n) is 5.24. The number of nitrogens with one attached hydrogen (secondary N) is 1. The summed E-state index contributed by atoms with van der Waals surface area (Å²) in [7, 11) is 1.63. The van der Waals surface area contributed by atoms with Gasteiger partial charge in [0, 0.05) is 0 Å². The zero-order valence-corrected chi connectivity index (χ0v) is 11.1. The second kappa shape index (κ2) is 4.68. The van der Waals surface area contributed by atoms with Crippen LogP contribution in [0.1, 0.15) is 42.5 Å². The van der Waals surface area contributed by atoms with Gasteiger partial charge in [0.05, 0.1) is 18.4 Å². The number of aliphatic imine (C=N–C) groups is 1. The van der Waals surface area contributed by atoms with E-state index in [2.05, 4.69) is 10.3 Å². The molecule has 3 rings (SSSR count). The van der Waals surface area contributed by atoms with Crippen molar-refractivity contribution < 1.29 is 9.53 Å². The lowest BCUT2D eigenvalue weighted by molar-refractivity contribution is 0.0900. The van der Waals surface area contributed by atoms with Gasteiger partial charge in [0.2, 0.25) is 5.90 Å². The van der Waals surface area contributed by atoms with Crippen LogP contribution in [0.3, 0.4) is 0 Å². The topological polar surface area (TPSA) is 50.7 Å². The molecule has 0 aromatic heterocycles. The Morgan fingerprint density at radius 1 is 1.21 bits per heavy atom. The van der Waals surface area contributed by atoms with Crippen LogP contribution in [-0.4, -0.2) is 24.5 Å². The van der Waals surface area contributed by atoms with E-state index in [-0.39, 0.29) is 5.91 Å². The average molecular weight is 258 g/mol. The van der Waals surface area contributed by atoms with Gasteiger partial charge in [0.1, 0.15) is 5.54 Å². The Bertz CT molecular complexity index is 531.